The molecule has 1 aromatic carbocycles. The molecular formula is C18H18Cl2N2O4. The quantitative estimate of drug-likeness (QED) is 0.783. The molecule has 1 aromatic heterocycles. The van der Waals surface area contributed by atoms with Crippen LogP contribution in [-0.2, 0) is 10.2 Å². The Hall–Kier alpha value is -2.05. The average Bonchev–Trinajstić information content (AvgIpc) is 3.24. The highest BCUT2D eigenvalue weighted by atomic mass is 35.5. The number of carboxylic acids is 1. The van der Waals surface area contributed by atoms with Crippen LogP contribution >= 0.6 is 23.2 Å². The van der Waals surface area contributed by atoms with Gasteiger partial charge in [-0.1, -0.05) is 44.0 Å². The average molecular weight is 397 g/mol. The Morgan fingerprint density at radius 2 is 1.92 bits per heavy atom. The molecule has 3 rings (SSSR count). The van der Waals surface area contributed by atoms with Crippen LogP contribution in [0, 0.1) is 5.92 Å². The lowest BCUT2D eigenvalue weighted by molar-refractivity contribution is -0.140. The van der Waals surface area contributed by atoms with Crippen molar-refractivity contribution in [2.24, 2.45) is 5.92 Å². The van der Waals surface area contributed by atoms with E-state index < -0.39 is 11.4 Å². The predicted molar refractivity (Wildman–Crippen MR) is 98.6 cm³/mol. The molecule has 0 spiro atoms. The van der Waals surface area contributed by atoms with Crippen LogP contribution in [0.2, 0.25) is 10.0 Å². The van der Waals surface area contributed by atoms with Crippen molar-refractivity contribution in [2.75, 3.05) is 0 Å². The first-order valence-corrected chi connectivity index (χ1v) is 8.92. The number of aromatic nitrogens is 2. The minimum atomic E-state index is -0.952. The summed E-state index contributed by atoms with van der Waals surface area (Å²) in [5.74, 6) is -0.579. The van der Waals surface area contributed by atoms with Gasteiger partial charge in [0.1, 0.15) is 0 Å². The molecule has 8 heteroatoms. The number of benzene rings is 1. The lowest BCUT2D eigenvalue weighted by Gasteiger charge is -2.16. The van der Waals surface area contributed by atoms with Gasteiger partial charge < -0.3 is 9.84 Å². The molecule has 2 aromatic rings. The number of nitrogens with one attached hydrogen (secondary N) is 1. The molecule has 138 valence electrons. The molecule has 2 atom stereocenters. The monoisotopic (exact) mass is 396 g/mol. The van der Waals surface area contributed by atoms with Crippen molar-refractivity contribution in [3.8, 4) is 11.6 Å². The van der Waals surface area contributed by atoms with E-state index in [2.05, 4.69) is 10.2 Å². The summed E-state index contributed by atoms with van der Waals surface area (Å²) >= 11 is 12.6. The molecule has 26 heavy (non-hydrogen) atoms. The van der Waals surface area contributed by atoms with Crippen LogP contribution in [0.15, 0.2) is 23.0 Å². The highest BCUT2D eigenvalue weighted by molar-refractivity contribution is 6.37. The van der Waals surface area contributed by atoms with Gasteiger partial charge in [-0.3, -0.25) is 9.59 Å². The molecule has 1 fully saturated rings. The second-order valence-corrected chi connectivity index (χ2v) is 7.71. The standard InChI is InChI=1S/C18H18Cl2N2O4/c1-8(2)11-6-14(21-22-16(11)23)26-15-12(19)4-10(5-13(15)20)18(17(24)25)7-9(18)3/h4-6,8-9H,7H2,1-3H3,(H,22,23)(H,24,25). The third-order valence-corrected chi connectivity index (χ3v) is 5.40. The van der Waals surface area contributed by atoms with Gasteiger partial charge in [-0.2, -0.15) is 0 Å². The Kier molecular flexibility index (Phi) is 4.75. The van der Waals surface area contributed by atoms with E-state index in [-0.39, 0.29) is 39.1 Å². The maximum Gasteiger partial charge on any atom is 0.314 e. The number of hydrogen-bond donors (Lipinski definition) is 2. The number of halogens is 2. The van der Waals surface area contributed by atoms with Gasteiger partial charge in [-0.15, -0.1) is 5.10 Å². The van der Waals surface area contributed by atoms with E-state index in [4.69, 9.17) is 27.9 Å². The molecule has 6 nitrogen and oxygen atoms in total. The van der Waals surface area contributed by atoms with E-state index in [9.17, 15) is 14.7 Å². The van der Waals surface area contributed by atoms with Gasteiger partial charge in [0.2, 0.25) is 5.88 Å². The second-order valence-electron chi connectivity index (χ2n) is 6.90. The number of carboxylic acid groups (broad SMARTS) is 1. The van der Waals surface area contributed by atoms with Crippen molar-refractivity contribution in [1.82, 2.24) is 10.2 Å². The lowest BCUT2D eigenvalue weighted by atomic mass is 9.93. The zero-order valence-electron chi connectivity index (χ0n) is 14.5. The van der Waals surface area contributed by atoms with Crippen LogP contribution in [0.4, 0.5) is 0 Å². The van der Waals surface area contributed by atoms with Crippen molar-refractivity contribution >= 4 is 29.2 Å². The Morgan fingerprint density at radius 1 is 1.35 bits per heavy atom. The topological polar surface area (TPSA) is 92.3 Å². The zero-order chi connectivity index (χ0) is 19.2. The van der Waals surface area contributed by atoms with E-state index in [1.807, 2.05) is 20.8 Å². The predicted octanol–water partition coefficient (Wildman–Crippen LogP) is 4.35. The van der Waals surface area contributed by atoms with E-state index in [0.29, 0.717) is 17.5 Å². The summed E-state index contributed by atoms with van der Waals surface area (Å²) in [5.41, 5.74) is -0.161. The Labute approximate surface area is 160 Å². The SMILES string of the molecule is CC(C)c1cc(Oc2c(Cl)cc(C3(C(=O)O)CC3C)cc2Cl)n[nH]c1=O. The Bertz CT molecular complexity index is 918. The first kappa shape index (κ1) is 18.7. The largest absolute Gasteiger partial charge is 0.481 e. The molecule has 0 saturated heterocycles. The first-order valence-electron chi connectivity index (χ1n) is 8.17. The smallest absolute Gasteiger partial charge is 0.314 e. The number of aliphatic carboxylic acids is 1. The maximum atomic E-state index is 11.8. The maximum absolute atomic E-state index is 11.8. The second kappa shape index (κ2) is 6.59. The Morgan fingerprint density at radius 3 is 2.38 bits per heavy atom. The summed E-state index contributed by atoms with van der Waals surface area (Å²) in [7, 11) is 0. The summed E-state index contributed by atoms with van der Waals surface area (Å²) in [5, 5.41) is 16.2. The van der Waals surface area contributed by atoms with E-state index >= 15 is 0 Å². The van der Waals surface area contributed by atoms with E-state index in [0.717, 1.165) is 0 Å². The van der Waals surface area contributed by atoms with Crippen LogP contribution in [0.25, 0.3) is 0 Å². The van der Waals surface area contributed by atoms with Gasteiger partial charge in [0.15, 0.2) is 5.75 Å². The van der Waals surface area contributed by atoms with Crippen LogP contribution in [0.3, 0.4) is 0 Å². The summed E-state index contributed by atoms with van der Waals surface area (Å²) in [6.07, 6.45) is 0.536. The fourth-order valence-electron chi connectivity index (χ4n) is 3.15. The fraction of sp³-hybridized carbons (Fsp3) is 0.389. The number of nitrogens with zero attached hydrogens (tertiary/aromatic N) is 1. The highest BCUT2D eigenvalue weighted by Crippen LogP contribution is 2.56. The van der Waals surface area contributed by atoms with Crippen molar-refractivity contribution in [3.63, 3.8) is 0 Å². The molecule has 0 amide bonds. The third-order valence-electron chi connectivity index (χ3n) is 4.84. The van der Waals surface area contributed by atoms with E-state index in [1.54, 1.807) is 12.1 Å². The molecule has 1 heterocycles. The number of rotatable bonds is 5. The van der Waals surface area contributed by atoms with Gasteiger partial charge in [-0.25, -0.2) is 5.10 Å². The van der Waals surface area contributed by atoms with Crippen molar-refractivity contribution in [1.29, 1.82) is 0 Å². The summed E-state index contributed by atoms with van der Waals surface area (Å²) < 4.78 is 5.67. The molecule has 1 saturated carbocycles. The normalized spacial score (nSPS) is 21.7. The fourth-order valence-corrected chi connectivity index (χ4v) is 3.71. The van der Waals surface area contributed by atoms with E-state index in [1.165, 1.54) is 6.07 Å². The van der Waals surface area contributed by atoms with Gasteiger partial charge in [0.25, 0.3) is 5.56 Å². The number of hydrogen-bond acceptors (Lipinski definition) is 4. The molecule has 0 bridgehead atoms. The highest BCUT2D eigenvalue weighted by Gasteiger charge is 2.59. The molecule has 0 radical (unpaired) electrons. The first-order chi connectivity index (χ1) is 12.2. The van der Waals surface area contributed by atoms with Gasteiger partial charge in [0.05, 0.1) is 15.5 Å². The van der Waals surface area contributed by atoms with Crippen LogP contribution < -0.4 is 10.3 Å². The van der Waals surface area contributed by atoms with Crippen molar-refractivity contribution in [3.05, 3.63) is 49.7 Å². The van der Waals surface area contributed by atoms with Crippen LogP contribution in [0.5, 0.6) is 11.6 Å². The van der Waals surface area contributed by atoms with Crippen LogP contribution in [-0.4, -0.2) is 21.3 Å². The van der Waals surface area contributed by atoms with Crippen molar-refractivity contribution in [2.45, 2.75) is 38.5 Å². The summed E-state index contributed by atoms with van der Waals surface area (Å²) in [6.45, 7) is 5.63. The number of ether oxygens (including phenoxy) is 1. The third kappa shape index (κ3) is 3.08. The molecular weight excluding hydrogens is 379 g/mol. The molecule has 2 N–H and O–H groups in total. The van der Waals surface area contributed by atoms with Crippen molar-refractivity contribution < 1.29 is 14.6 Å². The van der Waals surface area contributed by atoms with Gasteiger partial charge >= 0.3 is 5.97 Å². The summed E-state index contributed by atoms with van der Waals surface area (Å²) in [6, 6.07) is 4.66. The molecule has 0 aliphatic heterocycles. The van der Waals surface area contributed by atoms with Crippen LogP contribution in [0.1, 0.15) is 44.2 Å². The zero-order valence-corrected chi connectivity index (χ0v) is 16.0. The number of aromatic amines is 1. The molecule has 1 aliphatic carbocycles. The number of H-pyrrole nitrogens is 1. The lowest BCUT2D eigenvalue weighted by Crippen LogP contribution is -2.22. The minimum absolute atomic E-state index is 0.00775. The van der Waals surface area contributed by atoms with Gasteiger partial charge in [-0.05, 0) is 36.0 Å². The minimum Gasteiger partial charge on any atom is -0.481 e. The molecule has 1 aliphatic rings. The molecule has 2 unspecified atom stereocenters. The van der Waals surface area contributed by atoms with Gasteiger partial charge in [0, 0.05) is 11.6 Å². The Balaban J connectivity index is 1.97. The number of carbonyl (C=O) groups is 1. The summed E-state index contributed by atoms with van der Waals surface area (Å²) in [4.78, 5) is 23.4.